The largest absolute Gasteiger partial charge is 0.198 e. The maximum Gasteiger partial charge on any atom is 0.0621 e. The van der Waals surface area contributed by atoms with Crippen LogP contribution in [0.25, 0.3) is 0 Å². The molecule has 1 unspecified atom stereocenters. The lowest BCUT2D eigenvalue weighted by Crippen LogP contribution is -2.02. The molecule has 0 spiro atoms. The SMILES string of the molecule is CC(C)C(C)CCCC#N. The summed E-state index contributed by atoms with van der Waals surface area (Å²) >= 11 is 0. The van der Waals surface area contributed by atoms with Gasteiger partial charge >= 0.3 is 0 Å². The van der Waals surface area contributed by atoms with Crippen molar-refractivity contribution in [1.82, 2.24) is 0 Å². The monoisotopic (exact) mass is 139 g/mol. The van der Waals surface area contributed by atoms with Gasteiger partial charge in [-0.25, -0.2) is 0 Å². The molecule has 10 heavy (non-hydrogen) atoms. The maximum atomic E-state index is 8.27. The zero-order chi connectivity index (χ0) is 7.98. The summed E-state index contributed by atoms with van der Waals surface area (Å²) in [4.78, 5) is 0. The van der Waals surface area contributed by atoms with Gasteiger partial charge in [0.05, 0.1) is 6.07 Å². The Morgan fingerprint density at radius 1 is 1.30 bits per heavy atom. The zero-order valence-electron chi connectivity index (χ0n) is 7.22. The Balaban J connectivity index is 3.23. The number of nitrogens with zero attached hydrogens (tertiary/aromatic N) is 1. The quantitative estimate of drug-likeness (QED) is 0.549. The molecule has 1 atom stereocenters. The van der Waals surface area contributed by atoms with Crippen LogP contribution in [0.3, 0.4) is 0 Å². The Hall–Kier alpha value is -0.510. The summed E-state index contributed by atoms with van der Waals surface area (Å²) in [5.41, 5.74) is 0. The molecular formula is C9H17N. The van der Waals surface area contributed by atoms with Gasteiger partial charge in [-0.2, -0.15) is 5.26 Å². The first-order chi connectivity index (χ1) is 4.68. The molecule has 0 aliphatic rings. The highest BCUT2D eigenvalue weighted by molar-refractivity contribution is 4.69. The van der Waals surface area contributed by atoms with Gasteiger partial charge in [-0.1, -0.05) is 20.8 Å². The smallest absolute Gasteiger partial charge is 0.0621 e. The first-order valence-corrected chi connectivity index (χ1v) is 4.05. The van der Waals surface area contributed by atoms with E-state index in [2.05, 4.69) is 26.8 Å². The average molecular weight is 139 g/mol. The van der Waals surface area contributed by atoms with Crippen LogP contribution in [0, 0.1) is 23.2 Å². The van der Waals surface area contributed by atoms with Crippen molar-refractivity contribution in [2.75, 3.05) is 0 Å². The third-order valence-corrected chi connectivity index (χ3v) is 2.09. The lowest BCUT2D eigenvalue weighted by atomic mass is 9.93. The van der Waals surface area contributed by atoms with Crippen LogP contribution in [0.1, 0.15) is 40.0 Å². The third-order valence-electron chi connectivity index (χ3n) is 2.09. The molecule has 0 aromatic carbocycles. The highest BCUT2D eigenvalue weighted by Crippen LogP contribution is 2.16. The van der Waals surface area contributed by atoms with Crippen molar-refractivity contribution in [2.24, 2.45) is 11.8 Å². The summed E-state index contributed by atoms with van der Waals surface area (Å²) in [6.07, 6.45) is 2.98. The molecule has 0 saturated carbocycles. The molecule has 58 valence electrons. The van der Waals surface area contributed by atoms with Crippen LogP contribution in [0.15, 0.2) is 0 Å². The summed E-state index contributed by atoms with van der Waals surface area (Å²) < 4.78 is 0. The van der Waals surface area contributed by atoms with Crippen LogP contribution in [-0.4, -0.2) is 0 Å². The molecule has 0 rings (SSSR count). The third kappa shape index (κ3) is 4.38. The zero-order valence-corrected chi connectivity index (χ0v) is 7.22. The van der Waals surface area contributed by atoms with Crippen molar-refractivity contribution in [2.45, 2.75) is 40.0 Å². The van der Waals surface area contributed by atoms with Crippen molar-refractivity contribution >= 4 is 0 Å². The van der Waals surface area contributed by atoms with Crippen molar-refractivity contribution in [3.63, 3.8) is 0 Å². The predicted octanol–water partition coefficient (Wildman–Crippen LogP) is 2.97. The van der Waals surface area contributed by atoms with Crippen LogP contribution in [-0.2, 0) is 0 Å². The van der Waals surface area contributed by atoms with E-state index in [1.165, 1.54) is 6.42 Å². The Morgan fingerprint density at radius 3 is 2.30 bits per heavy atom. The molecule has 0 N–H and O–H groups in total. The van der Waals surface area contributed by atoms with Crippen molar-refractivity contribution in [1.29, 1.82) is 5.26 Å². The predicted molar refractivity (Wildman–Crippen MR) is 43.5 cm³/mol. The minimum atomic E-state index is 0.719. The molecule has 0 fully saturated rings. The van der Waals surface area contributed by atoms with Gasteiger partial charge < -0.3 is 0 Å². The Bertz CT molecular complexity index is 110. The highest BCUT2D eigenvalue weighted by Gasteiger charge is 2.05. The second-order valence-electron chi connectivity index (χ2n) is 3.27. The number of nitriles is 1. The Labute approximate surface area is 64.1 Å². The van der Waals surface area contributed by atoms with Gasteiger partial charge in [0, 0.05) is 6.42 Å². The first-order valence-electron chi connectivity index (χ1n) is 4.05. The van der Waals surface area contributed by atoms with E-state index in [0.29, 0.717) is 0 Å². The van der Waals surface area contributed by atoms with E-state index in [1.807, 2.05) is 0 Å². The fourth-order valence-electron chi connectivity index (χ4n) is 0.836. The van der Waals surface area contributed by atoms with Crippen molar-refractivity contribution < 1.29 is 0 Å². The Kier molecular flexibility index (Phi) is 5.02. The van der Waals surface area contributed by atoms with Gasteiger partial charge in [0.1, 0.15) is 0 Å². The molecule has 0 heterocycles. The van der Waals surface area contributed by atoms with E-state index in [9.17, 15) is 0 Å². The van der Waals surface area contributed by atoms with E-state index < -0.39 is 0 Å². The average Bonchev–Trinajstić information content (AvgIpc) is 1.88. The highest BCUT2D eigenvalue weighted by atomic mass is 14.2. The van der Waals surface area contributed by atoms with Crippen molar-refractivity contribution in [3.8, 4) is 6.07 Å². The molecule has 0 aromatic heterocycles. The molecule has 1 nitrogen and oxygen atoms in total. The van der Waals surface area contributed by atoms with Crippen LogP contribution < -0.4 is 0 Å². The van der Waals surface area contributed by atoms with Gasteiger partial charge in [-0.05, 0) is 24.7 Å². The molecular weight excluding hydrogens is 122 g/mol. The standard InChI is InChI=1S/C9H17N/c1-8(2)9(3)6-4-5-7-10/h8-9H,4-6H2,1-3H3. The van der Waals surface area contributed by atoms with Gasteiger partial charge in [-0.3, -0.25) is 0 Å². The summed E-state index contributed by atoms with van der Waals surface area (Å²) in [7, 11) is 0. The summed E-state index contributed by atoms with van der Waals surface area (Å²) in [6, 6.07) is 2.16. The number of unbranched alkanes of at least 4 members (excludes halogenated alkanes) is 1. The molecule has 0 amide bonds. The van der Waals surface area contributed by atoms with Gasteiger partial charge in [0.2, 0.25) is 0 Å². The van der Waals surface area contributed by atoms with E-state index >= 15 is 0 Å². The van der Waals surface area contributed by atoms with Gasteiger partial charge in [0.15, 0.2) is 0 Å². The van der Waals surface area contributed by atoms with E-state index in [4.69, 9.17) is 5.26 Å². The van der Waals surface area contributed by atoms with E-state index in [-0.39, 0.29) is 0 Å². The molecule has 0 bridgehead atoms. The fourth-order valence-corrected chi connectivity index (χ4v) is 0.836. The molecule has 0 radical (unpaired) electrons. The van der Waals surface area contributed by atoms with Crippen LogP contribution in [0.5, 0.6) is 0 Å². The van der Waals surface area contributed by atoms with Crippen LogP contribution in [0.2, 0.25) is 0 Å². The Morgan fingerprint density at radius 2 is 1.90 bits per heavy atom. The number of rotatable bonds is 4. The minimum Gasteiger partial charge on any atom is -0.198 e. The molecule has 0 saturated heterocycles. The molecule has 0 aliphatic carbocycles. The maximum absolute atomic E-state index is 8.27. The molecule has 1 heteroatoms. The second-order valence-corrected chi connectivity index (χ2v) is 3.27. The van der Waals surface area contributed by atoms with Crippen LogP contribution in [0.4, 0.5) is 0 Å². The van der Waals surface area contributed by atoms with Gasteiger partial charge in [0.25, 0.3) is 0 Å². The topological polar surface area (TPSA) is 23.8 Å². The lowest BCUT2D eigenvalue weighted by Gasteiger charge is -2.13. The van der Waals surface area contributed by atoms with E-state index in [0.717, 1.165) is 24.7 Å². The first kappa shape index (κ1) is 9.49. The van der Waals surface area contributed by atoms with Gasteiger partial charge in [-0.15, -0.1) is 0 Å². The number of hydrogen-bond acceptors (Lipinski definition) is 1. The van der Waals surface area contributed by atoms with Crippen LogP contribution >= 0.6 is 0 Å². The normalized spacial score (nSPS) is 13.1. The fraction of sp³-hybridized carbons (Fsp3) is 0.889. The molecule has 0 aromatic rings. The lowest BCUT2D eigenvalue weighted by molar-refractivity contribution is 0.384. The summed E-state index contributed by atoms with van der Waals surface area (Å²) in [5.74, 6) is 1.53. The number of hydrogen-bond donors (Lipinski definition) is 0. The van der Waals surface area contributed by atoms with E-state index in [1.54, 1.807) is 0 Å². The summed E-state index contributed by atoms with van der Waals surface area (Å²) in [5, 5.41) is 8.27. The second kappa shape index (κ2) is 5.29. The minimum absolute atomic E-state index is 0.719. The van der Waals surface area contributed by atoms with Crippen molar-refractivity contribution in [3.05, 3.63) is 0 Å². The molecule has 0 aliphatic heterocycles. The summed E-state index contributed by atoms with van der Waals surface area (Å²) in [6.45, 7) is 6.72.